The summed E-state index contributed by atoms with van der Waals surface area (Å²) in [5.41, 5.74) is 1.20. The summed E-state index contributed by atoms with van der Waals surface area (Å²) in [4.78, 5) is 13.8. The number of urea groups is 1. The summed E-state index contributed by atoms with van der Waals surface area (Å²) >= 11 is 3.42. The minimum atomic E-state index is -4.48. The third-order valence-electron chi connectivity index (χ3n) is 3.52. The fourth-order valence-electron chi connectivity index (χ4n) is 2.20. The molecule has 2 rings (SSSR count). The maximum atomic E-state index is 12.4. The minimum Gasteiger partial charge on any atom is -0.493 e. The molecule has 2 aromatic carbocycles. The summed E-state index contributed by atoms with van der Waals surface area (Å²) in [6.07, 6.45) is -4.48. The number of halogens is 4. The van der Waals surface area contributed by atoms with E-state index >= 15 is 0 Å². The van der Waals surface area contributed by atoms with Gasteiger partial charge in [-0.05, 0) is 23.8 Å². The summed E-state index contributed by atoms with van der Waals surface area (Å²) in [5.74, 6) is 0.0277. The lowest BCUT2D eigenvalue weighted by molar-refractivity contribution is -0.153. The van der Waals surface area contributed by atoms with Crippen LogP contribution in [-0.2, 0) is 6.54 Å². The number of hydrogen-bond donors (Lipinski definition) is 1. The molecule has 1 N–H and O–H groups in total. The second-order valence-corrected chi connectivity index (χ2v) is 6.50. The van der Waals surface area contributed by atoms with Crippen molar-refractivity contribution in [3.05, 3.63) is 52.5 Å². The van der Waals surface area contributed by atoms with Crippen molar-refractivity contribution in [2.24, 2.45) is 0 Å². The summed E-state index contributed by atoms with van der Waals surface area (Å²) in [6.45, 7) is -1.11. The maximum Gasteiger partial charge on any atom is 0.422 e. The van der Waals surface area contributed by atoms with E-state index in [0.29, 0.717) is 6.54 Å². The van der Waals surface area contributed by atoms with Crippen LogP contribution in [0.3, 0.4) is 0 Å². The van der Waals surface area contributed by atoms with Crippen molar-refractivity contribution in [3.63, 3.8) is 0 Å². The van der Waals surface area contributed by atoms with Crippen LogP contribution in [-0.4, -0.2) is 37.9 Å². The molecule has 5 nitrogen and oxygen atoms in total. The zero-order chi connectivity index (χ0) is 20.0. The van der Waals surface area contributed by atoms with E-state index in [9.17, 15) is 18.0 Å². The van der Waals surface area contributed by atoms with E-state index < -0.39 is 18.8 Å². The van der Waals surface area contributed by atoms with E-state index in [0.717, 1.165) is 10.0 Å². The van der Waals surface area contributed by atoms with Crippen LogP contribution in [0, 0.1) is 0 Å². The van der Waals surface area contributed by atoms with Gasteiger partial charge in [0.15, 0.2) is 18.1 Å². The van der Waals surface area contributed by atoms with E-state index in [1.54, 1.807) is 7.05 Å². The fourth-order valence-corrected chi connectivity index (χ4v) is 2.61. The monoisotopic (exact) mass is 446 g/mol. The normalized spacial score (nSPS) is 11.0. The van der Waals surface area contributed by atoms with Crippen LogP contribution in [0.2, 0.25) is 0 Å². The molecule has 2 amide bonds. The number of benzene rings is 2. The van der Waals surface area contributed by atoms with Crippen molar-refractivity contribution in [1.82, 2.24) is 4.90 Å². The lowest BCUT2D eigenvalue weighted by atomic mass is 10.2. The average molecular weight is 447 g/mol. The van der Waals surface area contributed by atoms with Crippen LogP contribution in [0.15, 0.2) is 46.9 Å². The molecule has 0 aliphatic carbocycles. The predicted octanol–water partition coefficient (Wildman–Crippen LogP) is 5.06. The van der Waals surface area contributed by atoms with Crippen LogP contribution in [0.4, 0.5) is 23.7 Å². The Labute approximate surface area is 163 Å². The van der Waals surface area contributed by atoms with Gasteiger partial charge >= 0.3 is 12.2 Å². The molecule has 0 atom stereocenters. The SMILES string of the molecule is COc1ccc(NC(=O)N(C)Cc2ccccc2Br)cc1OCC(F)(F)F. The first-order valence-corrected chi connectivity index (χ1v) is 8.62. The van der Waals surface area contributed by atoms with E-state index in [-0.39, 0.29) is 17.2 Å². The Morgan fingerprint density at radius 3 is 2.52 bits per heavy atom. The Balaban J connectivity index is 2.07. The second-order valence-electron chi connectivity index (χ2n) is 5.65. The average Bonchev–Trinajstić information content (AvgIpc) is 2.61. The van der Waals surface area contributed by atoms with Crippen LogP contribution >= 0.6 is 15.9 Å². The van der Waals surface area contributed by atoms with Crippen LogP contribution in [0.25, 0.3) is 0 Å². The molecule has 0 bridgehead atoms. The minimum absolute atomic E-state index is 0.110. The van der Waals surface area contributed by atoms with Gasteiger partial charge in [-0.1, -0.05) is 34.1 Å². The van der Waals surface area contributed by atoms with Gasteiger partial charge in [-0.25, -0.2) is 4.79 Å². The first-order valence-electron chi connectivity index (χ1n) is 7.82. The number of nitrogens with one attached hydrogen (secondary N) is 1. The van der Waals surface area contributed by atoms with Gasteiger partial charge in [-0.3, -0.25) is 0 Å². The Bertz CT molecular complexity index is 800. The molecule has 0 fully saturated rings. The second kappa shape index (κ2) is 8.98. The molecule has 0 saturated heterocycles. The van der Waals surface area contributed by atoms with Crippen LogP contribution in [0.5, 0.6) is 11.5 Å². The Morgan fingerprint density at radius 1 is 1.19 bits per heavy atom. The number of rotatable bonds is 6. The van der Waals surface area contributed by atoms with Gasteiger partial charge in [0.25, 0.3) is 0 Å². The van der Waals surface area contributed by atoms with E-state index in [2.05, 4.69) is 21.2 Å². The molecule has 27 heavy (non-hydrogen) atoms. The highest BCUT2D eigenvalue weighted by Gasteiger charge is 2.29. The van der Waals surface area contributed by atoms with Gasteiger partial charge in [0, 0.05) is 29.8 Å². The number of hydrogen-bond acceptors (Lipinski definition) is 3. The topological polar surface area (TPSA) is 50.8 Å². The molecule has 0 aliphatic heterocycles. The molecule has 146 valence electrons. The van der Waals surface area contributed by atoms with E-state index in [1.807, 2.05) is 24.3 Å². The first kappa shape index (κ1) is 20.9. The molecule has 0 unspecified atom stereocenters. The third-order valence-corrected chi connectivity index (χ3v) is 4.29. The first-order chi connectivity index (χ1) is 12.7. The molecule has 0 aliphatic rings. The number of ether oxygens (including phenoxy) is 2. The number of methoxy groups -OCH3 is 1. The van der Waals surface area contributed by atoms with Crippen molar-refractivity contribution in [1.29, 1.82) is 0 Å². The summed E-state index contributed by atoms with van der Waals surface area (Å²) in [7, 11) is 2.93. The molecule has 0 radical (unpaired) electrons. The quantitative estimate of drug-likeness (QED) is 0.674. The number of alkyl halides is 3. The van der Waals surface area contributed by atoms with E-state index in [4.69, 9.17) is 9.47 Å². The van der Waals surface area contributed by atoms with Gasteiger partial charge in [0.05, 0.1) is 7.11 Å². The molecule has 0 aromatic heterocycles. The van der Waals surface area contributed by atoms with Crippen molar-refractivity contribution in [3.8, 4) is 11.5 Å². The molecular formula is C18H18BrF3N2O3. The summed E-state index contributed by atoms with van der Waals surface area (Å²) in [6, 6.07) is 11.3. The largest absolute Gasteiger partial charge is 0.493 e. The number of carbonyl (C=O) groups is 1. The molecule has 2 aromatic rings. The van der Waals surface area contributed by atoms with Gasteiger partial charge in [0.2, 0.25) is 0 Å². The molecule has 0 saturated carbocycles. The Morgan fingerprint density at radius 2 is 1.89 bits per heavy atom. The van der Waals surface area contributed by atoms with E-state index in [1.165, 1.54) is 30.2 Å². The highest BCUT2D eigenvalue weighted by molar-refractivity contribution is 9.10. The number of anilines is 1. The zero-order valence-corrected chi connectivity index (χ0v) is 16.2. The number of carbonyl (C=O) groups excluding carboxylic acids is 1. The Hall–Kier alpha value is -2.42. The lowest BCUT2D eigenvalue weighted by Crippen LogP contribution is -2.31. The molecule has 0 spiro atoms. The van der Waals surface area contributed by atoms with Gasteiger partial charge in [0.1, 0.15) is 0 Å². The van der Waals surface area contributed by atoms with Crippen LogP contribution in [0.1, 0.15) is 5.56 Å². The van der Waals surface area contributed by atoms with Crippen molar-refractivity contribution in [2.45, 2.75) is 12.7 Å². The summed E-state index contributed by atoms with van der Waals surface area (Å²) < 4.78 is 47.8. The Kier molecular flexibility index (Phi) is 6.95. The maximum absolute atomic E-state index is 12.4. The van der Waals surface area contributed by atoms with Crippen molar-refractivity contribution < 1.29 is 27.4 Å². The smallest absolute Gasteiger partial charge is 0.422 e. The highest BCUT2D eigenvalue weighted by Crippen LogP contribution is 2.31. The molecular weight excluding hydrogens is 429 g/mol. The summed E-state index contributed by atoms with van der Waals surface area (Å²) in [5, 5.41) is 2.63. The standard InChI is InChI=1S/C18H18BrF3N2O3/c1-24(10-12-5-3-4-6-14(12)19)17(25)23-13-7-8-15(26-2)16(9-13)27-11-18(20,21)22/h3-9H,10-11H2,1-2H3,(H,23,25). The third kappa shape index (κ3) is 6.35. The van der Waals surface area contributed by atoms with Gasteiger partial charge in [-0.2, -0.15) is 13.2 Å². The van der Waals surface area contributed by atoms with Crippen LogP contribution < -0.4 is 14.8 Å². The highest BCUT2D eigenvalue weighted by atomic mass is 79.9. The number of nitrogens with zero attached hydrogens (tertiary/aromatic N) is 1. The lowest BCUT2D eigenvalue weighted by Gasteiger charge is -2.19. The molecule has 0 heterocycles. The fraction of sp³-hybridized carbons (Fsp3) is 0.278. The molecule has 9 heteroatoms. The zero-order valence-electron chi connectivity index (χ0n) is 14.6. The van der Waals surface area contributed by atoms with Gasteiger partial charge in [-0.15, -0.1) is 0 Å². The van der Waals surface area contributed by atoms with Crippen molar-refractivity contribution >= 4 is 27.6 Å². The number of amides is 2. The predicted molar refractivity (Wildman–Crippen MR) is 99.2 cm³/mol. The van der Waals surface area contributed by atoms with Gasteiger partial charge < -0.3 is 19.7 Å². The van der Waals surface area contributed by atoms with Crippen molar-refractivity contribution in [2.75, 3.05) is 26.1 Å².